The highest BCUT2D eigenvalue weighted by Gasteiger charge is 2.28. The first kappa shape index (κ1) is 20.3. The molecule has 10 nitrogen and oxygen atoms in total. The number of hydrogen-bond acceptors (Lipinski definition) is 9. The lowest BCUT2D eigenvalue weighted by Gasteiger charge is -2.30. The van der Waals surface area contributed by atoms with Crippen molar-refractivity contribution >= 4 is 33.8 Å². The van der Waals surface area contributed by atoms with Gasteiger partial charge in [-0.2, -0.15) is 0 Å². The van der Waals surface area contributed by atoms with Gasteiger partial charge in [0.1, 0.15) is 5.82 Å². The Morgan fingerprint density at radius 2 is 2.03 bits per heavy atom. The molecule has 0 unspecified atom stereocenters. The third-order valence-corrected chi connectivity index (χ3v) is 6.50. The van der Waals surface area contributed by atoms with Crippen molar-refractivity contribution in [1.29, 1.82) is 0 Å². The topological polar surface area (TPSA) is 152 Å². The summed E-state index contributed by atoms with van der Waals surface area (Å²) < 4.78 is 25.9. The molecule has 158 valence electrons. The molecule has 1 saturated heterocycles. The van der Waals surface area contributed by atoms with Crippen LogP contribution in [0.2, 0.25) is 0 Å². The largest absolute Gasteiger partial charge is 0.389 e. The van der Waals surface area contributed by atoms with E-state index < -0.39 is 16.5 Å². The van der Waals surface area contributed by atoms with Crippen LogP contribution in [0.5, 0.6) is 0 Å². The Bertz CT molecular complexity index is 985. The molecule has 1 aromatic heterocycles. The number of oxime groups is 1. The highest BCUT2D eigenvalue weighted by Crippen LogP contribution is 2.61. The van der Waals surface area contributed by atoms with Gasteiger partial charge in [-0.1, -0.05) is 23.4 Å². The van der Waals surface area contributed by atoms with Crippen molar-refractivity contribution in [3.8, 4) is 0 Å². The van der Waals surface area contributed by atoms with Crippen LogP contribution in [0, 0.1) is 0 Å². The number of nitrogens with two attached hydrogens (primary N) is 1. The molecule has 2 aliphatic rings. The van der Waals surface area contributed by atoms with Gasteiger partial charge in [0.2, 0.25) is 0 Å². The molecule has 5 N–H and O–H groups in total. The highest BCUT2D eigenvalue weighted by molar-refractivity contribution is 8.27. The normalized spacial score (nSPS) is 19.2. The zero-order chi connectivity index (χ0) is 21.1. The average molecular weight is 431 g/mol. The summed E-state index contributed by atoms with van der Waals surface area (Å²) in [6, 6.07) is 6.31. The van der Waals surface area contributed by atoms with Crippen molar-refractivity contribution in [3.05, 3.63) is 53.2 Å². The quantitative estimate of drug-likeness (QED) is 0.385. The SMILES string of the molecule is Nc1cnc(NC(=O)C(=NO[C@@H]2CCOC2)c2ccc(S(O)(O)C3=CC3)cc2)cn1. The van der Waals surface area contributed by atoms with E-state index in [-0.39, 0.29) is 23.5 Å². The molecule has 0 bridgehead atoms. The molecule has 1 amide bonds. The summed E-state index contributed by atoms with van der Waals surface area (Å²) in [5.74, 6) is -0.123. The fourth-order valence-corrected chi connectivity index (χ4v) is 4.12. The molecular formula is C19H21N5O5S. The molecule has 4 rings (SSSR count). The number of rotatable bonds is 7. The molecule has 1 aromatic carbocycles. The van der Waals surface area contributed by atoms with E-state index in [1.807, 2.05) is 0 Å². The van der Waals surface area contributed by atoms with Crippen molar-refractivity contribution in [2.24, 2.45) is 5.16 Å². The lowest BCUT2D eigenvalue weighted by molar-refractivity contribution is -0.110. The average Bonchev–Trinajstić information content (AvgIpc) is 3.48. The Balaban J connectivity index is 1.57. The van der Waals surface area contributed by atoms with Gasteiger partial charge in [0, 0.05) is 23.3 Å². The molecule has 1 atom stereocenters. The first-order chi connectivity index (χ1) is 14.4. The van der Waals surface area contributed by atoms with E-state index in [4.69, 9.17) is 15.3 Å². The zero-order valence-electron chi connectivity index (χ0n) is 15.9. The first-order valence-electron chi connectivity index (χ1n) is 9.21. The second-order valence-corrected chi connectivity index (χ2v) is 8.85. The molecule has 1 aliphatic carbocycles. The van der Waals surface area contributed by atoms with Crippen LogP contribution in [0.3, 0.4) is 0 Å². The maximum Gasteiger partial charge on any atom is 0.279 e. The van der Waals surface area contributed by atoms with Crippen LogP contribution in [-0.2, 0) is 14.4 Å². The monoisotopic (exact) mass is 431 g/mol. The second kappa shape index (κ2) is 8.40. The number of allylic oxidation sites excluding steroid dienone is 2. The summed E-state index contributed by atoms with van der Waals surface area (Å²) >= 11 is 0. The number of nitrogens with one attached hydrogen (secondary N) is 1. The van der Waals surface area contributed by atoms with Crippen LogP contribution in [0.25, 0.3) is 0 Å². The van der Waals surface area contributed by atoms with Gasteiger partial charge in [0.15, 0.2) is 17.6 Å². The number of benzene rings is 1. The van der Waals surface area contributed by atoms with Crippen LogP contribution in [0.15, 0.2) is 57.7 Å². The maximum absolute atomic E-state index is 12.8. The number of ether oxygens (including phenoxy) is 1. The van der Waals surface area contributed by atoms with Crippen LogP contribution in [0.4, 0.5) is 11.6 Å². The number of amides is 1. The van der Waals surface area contributed by atoms with E-state index in [1.54, 1.807) is 30.3 Å². The van der Waals surface area contributed by atoms with E-state index in [1.165, 1.54) is 12.4 Å². The van der Waals surface area contributed by atoms with E-state index in [0.717, 1.165) is 0 Å². The maximum atomic E-state index is 12.8. The van der Waals surface area contributed by atoms with Gasteiger partial charge < -0.3 is 20.6 Å². The summed E-state index contributed by atoms with van der Waals surface area (Å²) in [5, 5.41) is 6.65. The molecule has 30 heavy (non-hydrogen) atoms. The van der Waals surface area contributed by atoms with Gasteiger partial charge in [0.05, 0.1) is 30.5 Å². The lowest BCUT2D eigenvalue weighted by Crippen LogP contribution is -2.26. The fraction of sp³-hybridized carbons (Fsp3) is 0.263. The number of carbonyl (C=O) groups excluding carboxylic acids is 1. The minimum atomic E-state index is -2.96. The van der Waals surface area contributed by atoms with Gasteiger partial charge >= 0.3 is 0 Å². The van der Waals surface area contributed by atoms with Crippen LogP contribution >= 0.6 is 10.6 Å². The minimum absolute atomic E-state index is 0.00851. The van der Waals surface area contributed by atoms with Gasteiger partial charge in [-0.15, -0.1) is 10.6 Å². The van der Waals surface area contributed by atoms with Gasteiger partial charge in [0.25, 0.3) is 5.91 Å². The van der Waals surface area contributed by atoms with Crippen LogP contribution < -0.4 is 11.1 Å². The van der Waals surface area contributed by atoms with E-state index >= 15 is 0 Å². The first-order valence-corrected chi connectivity index (χ1v) is 10.8. The van der Waals surface area contributed by atoms with Gasteiger partial charge in [-0.25, -0.2) is 9.97 Å². The van der Waals surface area contributed by atoms with Crippen molar-refractivity contribution in [3.63, 3.8) is 0 Å². The van der Waals surface area contributed by atoms with Crippen molar-refractivity contribution < 1.29 is 23.5 Å². The van der Waals surface area contributed by atoms with Crippen molar-refractivity contribution in [2.75, 3.05) is 24.3 Å². The fourth-order valence-electron chi connectivity index (χ4n) is 2.75. The van der Waals surface area contributed by atoms with Crippen LogP contribution in [0.1, 0.15) is 18.4 Å². The molecule has 1 aliphatic heterocycles. The summed E-state index contributed by atoms with van der Waals surface area (Å²) in [4.78, 5) is 27.2. The number of aromatic nitrogens is 2. The third kappa shape index (κ3) is 4.60. The Kier molecular flexibility index (Phi) is 5.68. The van der Waals surface area contributed by atoms with E-state index in [0.29, 0.717) is 41.4 Å². The van der Waals surface area contributed by atoms with E-state index in [2.05, 4.69) is 20.4 Å². The molecule has 0 saturated carbocycles. The Morgan fingerprint density at radius 1 is 1.27 bits per heavy atom. The predicted octanol–water partition coefficient (Wildman–Crippen LogP) is 2.60. The number of anilines is 2. The number of carbonyl (C=O) groups is 1. The van der Waals surface area contributed by atoms with E-state index in [9.17, 15) is 13.9 Å². The van der Waals surface area contributed by atoms with Gasteiger partial charge in [-0.05, 0) is 12.1 Å². The Hall–Kier alpha value is -2.99. The zero-order valence-corrected chi connectivity index (χ0v) is 16.7. The second-order valence-electron chi connectivity index (χ2n) is 6.76. The molecule has 2 aromatic rings. The standard InChI is InChI=1S/C19H21N5O5S/c20-16-9-22-17(10-21-16)23-19(25)18(24-29-13-7-8-28-11-13)12-1-3-14(4-2-12)30(26,27)15-5-6-15/h1-5,9-10,13,26-27H,6-8,11H2,(H2,20,21)(H,22,23,25)/t13-/m1/s1. The van der Waals surface area contributed by atoms with Gasteiger partial charge in [-0.3, -0.25) is 13.9 Å². The molecule has 1 fully saturated rings. The molecular weight excluding hydrogens is 410 g/mol. The molecule has 2 heterocycles. The number of nitrogens with zero attached hydrogens (tertiary/aromatic N) is 3. The summed E-state index contributed by atoms with van der Waals surface area (Å²) in [5.41, 5.74) is 5.97. The van der Waals surface area contributed by atoms with Crippen molar-refractivity contribution in [2.45, 2.75) is 23.8 Å². The Labute approximate surface area is 174 Å². The Morgan fingerprint density at radius 3 is 2.63 bits per heavy atom. The lowest BCUT2D eigenvalue weighted by atomic mass is 10.1. The molecule has 0 spiro atoms. The van der Waals surface area contributed by atoms with Crippen molar-refractivity contribution in [1.82, 2.24) is 9.97 Å². The smallest absolute Gasteiger partial charge is 0.279 e. The summed E-state index contributed by atoms with van der Waals surface area (Å²) in [6.07, 6.45) is 5.46. The van der Waals surface area contributed by atoms with Crippen LogP contribution in [-0.4, -0.2) is 50.0 Å². The third-order valence-electron chi connectivity index (χ3n) is 4.50. The molecule has 11 heteroatoms. The molecule has 0 radical (unpaired) electrons. The minimum Gasteiger partial charge on any atom is -0.389 e. The summed E-state index contributed by atoms with van der Waals surface area (Å²) in [6.45, 7) is 0.974. The number of hydrogen-bond donors (Lipinski definition) is 4. The summed E-state index contributed by atoms with van der Waals surface area (Å²) in [7, 11) is -2.96. The highest BCUT2D eigenvalue weighted by atomic mass is 32.3. The predicted molar refractivity (Wildman–Crippen MR) is 112 cm³/mol. The number of nitrogen functional groups attached to an aromatic ring is 1.